The largest absolute Gasteiger partial charge is 0.469 e. The second-order valence-electron chi connectivity index (χ2n) is 5.76. The van der Waals surface area contributed by atoms with E-state index < -0.39 is 0 Å². The maximum atomic E-state index is 12.2. The van der Waals surface area contributed by atoms with Crippen LogP contribution < -0.4 is 0 Å². The monoisotopic (exact) mass is 284 g/mol. The Labute approximate surface area is 125 Å². The molecule has 2 heterocycles. The predicted octanol–water partition coefficient (Wildman–Crippen LogP) is 2.88. The van der Waals surface area contributed by atoms with Crippen molar-refractivity contribution in [3.63, 3.8) is 0 Å². The summed E-state index contributed by atoms with van der Waals surface area (Å²) in [6, 6.07) is 8.23. The van der Waals surface area contributed by atoms with Gasteiger partial charge in [-0.3, -0.25) is 4.79 Å². The first kappa shape index (κ1) is 14.2. The molecular formula is C18H20O3. The molecule has 0 radical (unpaired) electrons. The van der Waals surface area contributed by atoms with Gasteiger partial charge in [0, 0.05) is 11.5 Å². The SMILES string of the molecule is CC#Cc1ccc([C@H]2CC3CC[C@@H](O3)[C@H]2C(=O)OC)cc1. The predicted molar refractivity (Wildman–Crippen MR) is 79.8 cm³/mol. The van der Waals surface area contributed by atoms with E-state index in [1.165, 1.54) is 12.7 Å². The minimum atomic E-state index is -0.183. The number of benzene rings is 1. The average molecular weight is 284 g/mol. The van der Waals surface area contributed by atoms with Crippen LogP contribution >= 0.6 is 0 Å². The number of fused-ring (bicyclic) bond motifs is 2. The van der Waals surface area contributed by atoms with Crippen molar-refractivity contribution >= 4 is 5.97 Å². The lowest BCUT2D eigenvalue weighted by atomic mass is 9.79. The molecule has 3 heteroatoms. The molecule has 0 spiro atoms. The molecule has 0 N–H and O–H groups in total. The van der Waals surface area contributed by atoms with Gasteiger partial charge in [0.25, 0.3) is 0 Å². The minimum absolute atomic E-state index is 0.0105. The third-order valence-corrected chi connectivity index (χ3v) is 4.57. The van der Waals surface area contributed by atoms with E-state index in [4.69, 9.17) is 9.47 Å². The van der Waals surface area contributed by atoms with E-state index in [1.54, 1.807) is 0 Å². The lowest BCUT2D eigenvalue weighted by Crippen LogP contribution is -2.39. The van der Waals surface area contributed by atoms with E-state index in [2.05, 4.69) is 24.0 Å². The molecule has 0 aromatic heterocycles. The molecule has 21 heavy (non-hydrogen) atoms. The summed E-state index contributed by atoms with van der Waals surface area (Å²) in [5, 5.41) is 0. The number of methoxy groups -OCH3 is 1. The highest BCUT2D eigenvalue weighted by Gasteiger charge is 2.47. The summed E-state index contributed by atoms with van der Waals surface area (Å²) >= 11 is 0. The maximum Gasteiger partial charge on any atom is 0.311 e. The van der Waals surface area contributed by atoms with E-state index in [-0.39, 0.29) is 30.0 Å². The molecule has 1 unspecified atom stereocenters. The van der Waals surface area contributed by atoms with Gasteiger partial charge in [-0.25, -0.2) is 0 Å². The van der Waals surface area contributed by atoms with Crippen LogP contribution in [0.15, 0.2) is 24.3 Å². The standard InChI is InChI=1S/C18H20O3/c1-3-4-12-5-7-13(8-6-12)15-11-14-9-10-16(21-14)17(15)18(19)20-2/h5-8,14-17H,9-11H2,1-2H3/t14?,15-,16-,17+/m1/s1. The van der Waals surface area contributed by atoms with Gasteiger partial charge in [-0.1, -0.05) is 18.1 Å². The van der Waals surface area contributed by atoms with Gasteiger partial charge >= 0.3 is 5.97 Å². The highest BCUT2D eigenvalue weighted by molar-refractivity contribution is 5.74. The first-order valence-electron chi connectivity index (χ1n) is 7.49. The molecule has 2 aliphatic rings. The van der Waals surface area contributed by atoms with Crippen molar-refractivity contribution in [3.05, 3.63) is 35.4 Å². The molecule has 2 bridgehead atoms. The minimum Gasteiger partial charge on any atom is -0.469 e. The first-order chi connectivity index (χ1) is 10.2. The fourth-order valence-electron chi connectivity index (χ4n) is 3.61. The zero-order valence-corrected chi connectivity index (χ0v) is 12.5. The van der Waals surface area contributed by atoms with Crippen LogP contribution in [0, 0.1) is 17.8 Å². The summed E-state index contributed by atoms with van der Waals surface area (Å²) < 4.78 is 10.9. The average Bonchev–Trinajstić information content (AvgIpc) is 2.89. The highest BCUT2D eigenvalue weighted by atomic mass is 16.5. The van der Waals surface area contributed by atoms with Crippen molar-refractivity contribution in [1.29, 1.82) is 0 Å². The molecular weight excluding hydrogens is 264 g/mol. The van der Waals surface area contributed by atoms with Crippen molar-refractivity contribution in [1.82, 2.24) is 0 Å². The quantitative estimate of drug-likeness (QED) is 0.619. The number of esters is 1. The van der Waals surface area contributed by atoms with E-state index in [1.807, 2.05) is 19.1 Å². The van der Waals surface area contributed by atoms with E-state index >= 15 is 0 Å². The third kappa shape index (κ3) is 2.69. The summed E-state index contributed by atoms with van der Waals surface area (Å²) in [6.07, 6.45) is 3.20. The number of hydrogen-bond acceptors (Lipinski definition) is 3. The molecule has 4 atom stereocenters. The van der Waals surface area contributed by atoms with Crippen molar-refractivity contribution in [2.24, 2.45) is 5.92 Å². The first-order valence-corrected chi connectivity index (χ1v) is 7.49. The van der Waals surface area contributed by atoms with Gasteiger partial charge in [0.05, 0.1) is 25.2 Å². The number of ether oxygens (including phenoxy) is 2. The molecule has 0 amide bonds. The van der Waals surface area contributed by atoms with Crippen LogP contribution in [0.3, 0.4) is 0 Å². The Morgan fingerprint density at radius 1 is 1.29 bits per heavy atom. The van der Waals surface area contributed by atoms with E-state index in [0.717, 1.165) is 24.8 Å². The summed E-state index contributed by atoms with van der Waals surface area (Å²) in [5.74, 6) is 5.80. The fourth-order valence-corrected chi connectivity index (χ4v) is 3.61. The lowest BCUT2D eigenvalue weighted by Gasteiger charge is -2.35. The van der Waals surface area contributed by atoms with Crippen molar-refractivity contribution < 1.29 is 14.3 Å². The number of carbonyl (C=O) groups is 1. The normalized spacial score (nSPS) is 30.4. The summed E-state index contributed by atoms with van der Waals surface area (Å²) in [7, 11) is 1.46. The zero-order valence-electron chi connectivity index (χ0n) is 12.5. The molecule has 1 aromatic rings. The van der Waals surface area contributed by atoms with Crippen LogP contribution in [0.25, 0.3) is 0 Å². The topological polar surface area (TPSA) is 35.5 Å². The van der Waals surface area contributed by atoms with Crippen LogP contribution in [0.5, 0.6) is 0 Å². The van der Waals surface area contributed by atoms with Crippen LogP contribution in [0.1, 0.15) is 43.2 Å². The molecule has 3 rings (SSSR count). The molecule has 3 nitrogen and oxygen atoms in total. The maximum absolute atomic E-state index is 12.2. The fraction of sp³-hybridized carbons (Fsp3) is 0.500. The Balaban J connectivity index is 1.90. The third-order valence-electron chi connectivity index (χ3n) is 4.57. The van der Waals surface area contributed by atoms with Crippen molar-refractivity contribution in [2.75, 3.05) is 7.11 Å². The van der Waals surface area contributed by atoms with Gasteiger partial charge in [-0.2, -0.15) is 0 Å². The Bertz CT molecular complexity index is 579. The van der Waals surface area contributed by atoms with Gasteiger partial charge in [0.2, 0.25) is 0 Å². The molecule has 0 aliphatic carbocycles. The summed E-state index contributed by atoms with van der Waals surface area (Å²) in [4.78, 5) is 12.2. The summed E-state index contributed by atoms with van der Waals surface area (Å²) in [6.45, 7) is 1.83. The van der Waals surface area contributed by atoms with Crippen LogP contribution in [0.4, 0.5) is 0 Å². The number of hydrogen-bond donors (Lipinski definition) is 0. The van der Waals surface area contributed by atoms with Gasteiger partial charge in [-0.15, -0.1) is 5.92 Å². The second kappa shape index (κ2) is 5.91. The highest BCUT2D eigenvalue weighted by Crippen LogP contribution is 2.45. The number of rotatable bonds is 2. The van der Waals surface area contributed by atoms with E-state index in [0.29, 0.717) is 0 Å². The Hall–Kier alpha value is -1.79. The van der Waals surface area contributed by atoms with Gasteiger partial charge < -0.3 is 9.47 Å². The lowest BCUT2D eigenvalue weighted by molar-refractivity contribution is -0.156. The molecule has 2 saturated heterocycles. The molecule has 0 saturated carbocycles. The Morgan fingerprint density at radius 2 is 2.05 bits per heavy atom. The molecule has 110 valence electrons. The van der Waals surface area contributed by atoms with Gasteiger partial charge in [0.15, 0.2) is 0 Å². The van der Waals surface area contributed by atoms with Crippen LogP contribution in [-0.4, -0.2) is 25.3 Å². The molecule has 1 aromatic carbocycles. The van der Waals surface area contributed by atoms with E-state index in [9.17, 15) is 4.79 Å². The number of carbonyl (C=O) groups excluding carboxylic acids is 1. The van der Waals surface area contributed by atoms with Gasteiger partial charge in [0.1, 0.15) is 0 Å². The molecule has 2 aliphatic heterocycles. The smallest absolute Gasteiger partial charge is 0.311 e. The van der Waals surface area contributed by atoms with Crippen LogP contribution in [0.2, 0.25) is 0 Å². The Morgan fingerprint density at radius 3 is 2.71 bits per heavy atom. The zero-order chi connectivity index (χ0) is 14.8. The van der Waals surface area contributed by atoms with Gasteiger partial charge in [-0.05, 0) is 43.9 Å². The second-order valence-corrected chi connectivity index (χ2v) is 5.76. The van der Waals surface area contributed by atoms with Crippen molar-refractivity contribution in [2.45, 2.75) is 44.3 Å². The van der Waals surface area contributed by atoms with Crippen LogP contribution in [-0.2, 0) is 14.3 Å². The Kier molecular flexibility index (Phi) is 3.98. The summed E-state index contributed by atoms with van der Waals surface area (Å²) in [5.41, 5.74) is 2.19. The molecule has 2 fully saturated rings. The van der Waals surface area contributed by atoms with Crippen molar-refractivity contribution in [3.8, 4) is 11.8 Å².